The number of benzene rings is 2. The average Bonchev–Trinajstić information content (AvgIpc) is 3.03. The molecule has 1 aliphatic rings. The highest BCUT2D eigenvalue weighted by molar-refractivity contribution is 8.18. The second-order valence-electron chi connectivity index (χ2n) is 6.67. The summed E-state index contributed by atoms with van der Waals surface area (Å²) >= 11 is 1.34. The molecule has 1 saturated heterocycles. The van der Waals surface area contributed by atoms with Gasteiger partial charge in [-0.25, -0.2) is 9.79 Å². The maximum atomic E-state index is 12.6. The van der Waals surface area contributed by atoms with Crippen LogP contribution in [0.3, 0.4) is 0 Å². The van der Waals surface area contributed by atoms with E-state index in [9.17, 15) is 9.59 Å². The Morgan fingerprint density at radius 1 is 1.10 bits per heavy atom. The first-order valence-corrected chi connectivity index (χ1v) is 10.6. The summed E-state index contributed by atoms with van der Waals surface area (Å²) in [7, 11) is 3.05. The molecule has 30 heavy (non-hydrogen) atoms. The van der Waals surface area contributed by atoms with E-state index in [-0.39, 0.29) is 5.91 Å². The van der Waals surface area contributed by atoms with Crippen LogP contribution in [0.2, 0.25) is 0 Å². The Labute approximate surface area is 181 Å². The zero-order valence-corrected chi connectivity index (χ0v) is 18.4. The fraction of sp³-hybridized carbons (Fsp3) is 0.261. The van der Waals surface area contributed by atoms with Gasteiger partial charge in [-0.3, -0.25) is 9.69 Å². The molecular weight excluding hydrogens is 398 g/mol. The maximum absolute atomic E-state index is 12.6. The van der Waals surface area contributed by atoms with E-state index in [1.807, 2.05) is 18.2 Å². The van der Waals surface area contributed by atoms with Crippen LogP contribution in [0.4, 0.5) is 11.4 Å². The molecule has 7 heteroatoms. The molecule has 0 aliphatic carbocycles. The lowest BCUT2D eigenvalue weighted by molar-refractivity contribution is -0.121. The topological polar surface area (TPSA) is 62.2 Å². The number of methoxy groups -OCH3 is 1. The zero-order valence-electron chi connectivity index (χ0n) is 17.6. The van der Waals surface area contributed by atoms with Gasteiger partial charge in [0.2, 0.25) is 0 Å². The van der Waals surface area contributed by atoms with Crippen molar-refractivity contribution in [3.05, 3.63) is 64.6 Å². The fourth-order valence-electron chi connectivity index (χ4n) is 3.07. The average molecular weight is 424 g/mol. The van der Waals surface area contributed by atoms with E-state index in [4.69, 9.17) is 4.74 Å². The second-order valence-corrected chi connectivity index (χ2v) is 7.68. The molecule has 0 radical (unpaired) electrons. The summed E-state index contributed by atoms with van der Waals surface area (Å²) in [6.45, 7) is 6.17. The van der Waals surface area contributed by atoms with E-state index < -0.39 is 5.97 Å². The predicted octanol–water partition coefficient (Wildman–Crippen LogP) is 4.55. The molecule has 0 spiro atoms. The van der Waals surface area contributed by atoms with Crippen molar-refractivity contribution in [2.24, 2.45) is 4.99 Å². The molecular formula is C23H25N3O3S. The summed E-state index contributed by atoms with van der Waals surface area (Å²) in [5.74, 6) is -0.480. The number of esters is 1. The molecule has 0 atom stereocenters. The van der Waals surface area contributed by atoms with Crippen LogP contribution < -0.4 is 4.90 Å². The Morgan fingerprint density at radius 3 is 2.30 bits per heavy atom. The quantitative estimate of drug-likeness (QED) is 0.504. The third kappa shape index (κ3) is 4.74. The number of aliphatic imine (C=N–C) groups is 1. The van der Waals surface area contributed by atoms with Crippen molar-refractivity contribution in [3.63, 3.8) is 0 Å². The van der Waals surface area contributed by atoms with Gasteiger partial charge in [0.15, 0.2) is 5.17 Å². The zero-order chi connectivity index (χ0) is 21.7. The third-order valence-corrected chi connectivity index (χ3v) is 5.90. The Kier molecular flexibility index (Phi) is 6.95. The summed E-state index contributed by atoms with van der Waals surface area (Å²) in [4.78, 5) is 33.2. The number of amides is 1. The van der Waals surface area contributed by atoms with Crippen molar-refractivity contribution in [1.82, 2.24) is 4.90 Å². The minimum Gasteiger partial charge on any atom is -0.465 e. The summed E-state index contributed by atoms with van der Waals surface area (Å²) in [6, 6.07) is 15.0. The van der Waals surface area contributed by atoms with Crippen LogP contribution in [-0.4, -0.2) is 49.2 Å². The van der Waals surface area contributed by atoms with Crippen LogP contribution >= 0.6 is 11.8 Å². The van der Waals surface area contributed by atoms with Gasteiger partial charge < -0.3 is 9.64 Å². The molecule has 1 amide bonds. The van der Waals surface area contributed by atoms with Crippen molar-refractivity contribution >= 4 is 46.3 Å². The van der Waals surface area contributed by atoms with Crippen LogP contribution in [0, 0.1) is 0 Å². The largest absolute Gasteiger partial charge is 0.465 e. The van der Waals surface area contributed by atoms with Crippen LogP contribution in [0.15, 0.2) is 58.4 Å². The highest BCUT2D eigenvalue weighted by atomic mass is 32.2. The van der Waals surface area contributed by atoms with Crippen molar-refractivity contribution in [2.45, 2.75) is 13.8 Å². The number of anilines is 1. The number of hydrogen-bond donors (Lipinski definition) is 0. The first-order chi connectivity index (χ1) is 14.5. The van der Waals surface area contributed by atoms with E-state index in [0.29, 0.717) is 21.3 Å². The number of ether oxygens (including phenoxy) is 1. The predicted molar refractivity (Wildman–Crippen MR) is 123 cm³/mol. The third-order valence-electron chi connectivity index (χ3n) is 4.84. The van der Waals surface area contributed by atoms with E-state index in [1.165, 1.54) is 29.5 Å². The van der Waals surface area contributed by atoms with Gasteiger partial charge >= 0.3 is 5.97 Å². The Morgan fingerprint density at radius 2 is 1.73 bits per heavy atom. The minimum atomic E-state index is -0.394. The smallest absolute Gasteiger partial charge is 0.337 e. The van der Waals surface area contributed by atoms with Crippen LogP contribution in [0.25, 0.3) is 6.08 Å². The Balaban J connectivity index is 1.78. The molecule has 0 unspecified atom stereocenters. The van der Waals surface area contributed by atoms with Gasteiger partial charge in [-0.15, -0.1) is 0 Å². The number of hydrogen-bond acceptors (Lipinski definition) is 6. The number of amidine groups is 1. The SMILES string of the molecule is CCN(CC)c1ccc(/C=C2/SC(=Nc3ccc(C(=O)OC)cc3)N(C)C2=O)cc1. The van der Waals surface area contributed by atoms with Gasteiger partial charge in [-0.05, 0) is 73.6 Å². The van der Waals surface area contributed by atoms with Crippen LogP contribution in [-0.2, 0) is 9.53 Å². The van der Waals surface area contributed by atoms with Gasteiger partial charge in [0.1, 0.15) is 0 Å². The first kappa shape index (κ1) is 21.6. The van der Waals surface area contributed by atoms with Gasteiger partial charge in [0, 0.05) is 25.8 Å². The Bertz CT molecular complexity index is 978. The van der Waals surface area contributed by atoms with Crippen molar-refractivity contribution in [1.29, 1.82) is 0 Å². The van der Waals surface area contributed by atoms with Crippen molar-refractivity contribution < 1.29 is 14.3 Å². The number of carbonyl (C=O) groups excluding carboxylic acids is 2. The molecule has 0 bridgehead atoms. The van der Waals surface area contributed by atoms with E-state index in [0.717, 1.165) is 18.7 Å². The van der Waals surface area contributed by atoms with Crippen molar-refractivity contribution in [2.75, 3.05) is 32.1 Å². The molecule has 3 rings (SSSR count). The van der Waals surface area contributed by atoms with Gasteiger partial charge in [0.05, 0.1) is 23.3 Å². The summed E-state index contributed by atoms with van der Waals surface area (Å²) < 4.78 is 4.70. The van der Waals surface area contributed by atoms with Gasteiger partial charge in [0.25, 0.3) is 5.91 Å². The highest BCUT2D eigenvalue weighted by Crippen LogP contribution is 2.33. The van der Waals surface area contributed by atoms with Gasteiger partial charge in [-0.1, -0.05) is 12.1 Å². The van der Waals surface area contributed by atoms with E-state index in [1.54, 1.807) is 31.3 Å². The molecule has 6 nitrogen and oxygen atoms in total. The molecule has 1 aliphatic heterocycles. The number of nitrogens with zero attached hydrogens (tertiary/aromatic N) is 3. The normalized spacial score (nSPS) is 16.4. The van der Waals surface area contributed by atoms with E-state index >= 15 is 0 Å². The van der Waals surface area contributed by atoms with Crippen molar-refractivity contribution in [3.8, 4) is 0 Å². The number of carbonyl (C=O) groups is 2. The number of thioether (sulfide) groups is 1. The lowest BCUT2D eigenvalue weighted by Gasteiger charge is -2.20. The number of likely N-dealkylation sites (N-methyl/N-ethyl adjacent to an activating group) is 1. The van der Waals surface area contributed by atoms with Crippen LogP contribution in [0.1, 0.15) is 29.8 Å². The lowest BCUT2D eigenvalue weighted by atomic mass is 10.1. The summed E-state index contributed by atoms with van der Waals surface area (Å²) in [6.07, 6.45) is 1.89. The summed E-state index contributed by atoms with van der Waals surface area (Å²) in [5.41, 5.74) is 3.26. The Hall–Kier alpha value is -3.06. The molecule has 0 saturated carbocycles. The molecule has 1 fully saturated rings. The molecule has 0 aromatic heterocycles. The number of rotatable bonds is 6. The molecule has 0 N–H and O–H groups in total. The molecule has 156 valence electrons. The molecule has 2 aromatic rings. The standard InChI is InChI=1S/C23H25N3O3S/c1-5-26(6-2)19-13-7-16(8-14-19)15-20-21(27)25(3)23(30-20)24-18-11-9-17(10-12-18)22(28)29-4/h7-15H,5-6H2,1-4H3/b20-15+,24-23?. The van der Waals surface area contributed by atoms with Crippen LogP contribution in [0.5, 0.6) is 0 Å². The van der Waals surface area contributed by atoms with E-state index in [2.05, 4.69) is 35.9 Å². The molecule has 1 heterocycles. The highest BCUT2D eigenvalue weighted by Gasteiger charge is 2.30. The molecule has 2 aromatic carbocycles. The minimum absolute atomic E-state index is 0.0854. The monoisotopic (exact) mass is 423 g/mol. The second kappa shape index (κ2) is 9.63. The fourth-order valence-corrected chi connectivity index (χ4v) is 4.06. The first-order valence-electron chi connectivity index (χ1n) is 9.76. The summed E-state index contributed by atoms with van der Waals surface area (Å²) in [5, 5.41) is 0.594. The van der Waals surface area contributed by atoms with Gasteiger partial charge in [-0.2, -0.15) is 0 Å². The maximum Gasteiger partial charge on any atom is 0.337 e. The lowest BCUT2D eigenvalue weighted by Crippen LogP contribution is -2.23.